The summed E-state index contributed by atoms with van der Waals surface area (Å²) in [5, 5.41) is 20.7. The normalized spacial score (nSPS) is 14.7. The molecule has 0 spiro atoms. The molecule has 19 heavy (non-hydrogen) atoms. The van der Waals surface area contributed by atoms with Gasteiger partial charge in [0.1, 0.15) is 11.8 Å². The number of nitrogens with zero attached hydrogens (tertiary/aromatic N) is 3. The zero-order valence-electron chi connectivity index (χ0n) is 9.94. The molecule has 7 nitrogen and oxygen atoms in total. The van der Waals surface area contributed by atoms with Crippen molar-refractivity contribution in [2.45, 2.75) is 19.4 Å². The monoisotopic (exact) mass is 261 g/mol. The first-order chi connectivity index (χ1) is 9.06. The summed E-state index contributed by atoms with van der Waals surface area (Å²) in [6.07, 6.45) is 3.23. The highest BCUT2D eigenvalue weighted by atomic mass is 16.6. The smallest absolute Gasteiger partial charge is 0.294 e. The lowest BCUT2D eigenvalue weighted by Gasteiger charge is -2.09. The SMILES string of the molecule is O=c1c(O)cc2cc([N+](=O)[O-])cnc2n1CC1CC1. The lowest BCUT2D eigenvalue weighted by molar-refractivity contribution is -0.385. The topological polar surface area (TPSA) is 98.3 Å². The zero-order valence-corrected chi connectivity index (χ0v) is 9.94. The van der Waals surface area contributed by atoms with Crippen molar-refractivity contribution < 1.29 is 10.0 Å². The van der Waals surface area contributed by atoms with E-state index in [2.05, 4.69) is 4.98 Å². The first kappa shape index (κ1) is 11.6. The largest absolute Gasteiger partial charge is 0.503 e. The number of hydrogen-bond acceptors (Lipinski definition) is 5. The molecular weight excluding hydrogens is 250 g/mol. The van der Waals surface area contributed by atoms with Gasteiger partial charge in [-0.3, -0.25) is 19.5 Å². The minimum atomic E-state index is -0.556. The third-order valence-electron chi connectivity index (χ3n) is 3.24. The maximum Gasteiger partial charge on any atom is 0.294 e. The molecule has 0 aromatic carbocycles. The molecule has 1 aliphatic rings. The van der Waals surface area contributed by atoms with Gasteiger partial charge in [0.15, 0.2) is 5.75 Å². The van der Waals surface area contributed by atoms with Crippen LogP contribution in [0, 0.1) is 16.0 Å². The zero-order chi connectivity index (χ0) is 13.6. The number of aromatic hydroxyl groups is 1. The molecule has 98 valence electrons. The Morgan fingerprint density at radius 2 is 2.21 bits per heavy atom. The average Bonchev–Trinajstić information content (AvgIpc) is 3.18. The molecule has 0 radical (unpaired) electrons. The summed E-state index contributed by atoms with van der Waals surface area (Å²) < 4.78 is 1.39. The molecule has 0 bridgehead atoms. The van der Waals surface area contributed by atoms with E-state index in [0.717, 1.165) is 19.0 Å². The number of nitro groups is 1. The molecular formula is C12H11N3O4. The van der Waals surface area contributed by atoms with E-state index in [4.69, 9.17) is 0 Å². The van der Waals surface area contributed by atoms with Crippen LogP contribution in [0.15, 0.2) is 23.1 Å². The Bertz CT molecular complexity index is 734. The van der Waals surface area contributed by atoms with Crippen molar-refractivity contribution in [2.24, 2.45) is 5.92 Å². The van der Waals surface area contributed by atoms with E-state index >= 15 is 0 Å². The Kier molecular flexibility index (Phi) is 2.48. The summed E-state index contributed by atoms with van der Waals surface area (Å²) in [7, 11) is 0. The van der Waals surface area contributed by atoms with E-state index < -0.39 is 16.2 Å². The van der Waals surface area contributed by atoms with E-state index in [0.29, 0.717) is 23.5 Å². The summed E-state index contributed by atoms with van der Waals surface area (Å²) in [5.41, 5.74) is -0.287. The quantitative estimate of drug-likeness (QED) is 0.665. The highest BCUT2D eigenvalue weighted by molar-refractivity contribution is 5.78. The Morgan fingerprint density at radius 1 is 1.47 bits per heavy atom. The number of hydrogen-bond donors (Lipinski definition) is 1. The highest BCUT2D eigenvalue weighted by Gasteiger charge is 2.24. The van der Waals surface area contributed by atoms with Crippen molar-refractivity contribution in [2.75, 3.05) is 0 Å². The molecule has 1 fully saturated rings. The highest BCUT2D eigenvalue weighted by Crippen LogP contribution is 2.31. The van der Waals surface area contributed by atoms with Crippen LogP contribution in [-0.4, -0.2) is 19.6 Å². The molecule has 0 unspecified atom stereocenters. The maximum absolute atomic E-state index is 11.9. The van der Waals surface area contributed by atoms with Crippen LogP contribution in [-0.2, 0) is 6.54 Å². The molecule has 2 heterocycles. The molecule has 1 N–H and O–H groups in total. The van der Waals surface area contributed by atoms with Gasteiger partial charge in [0.25, 0.3) is 11.2 Å². The molecule has 0 aliphatic heterocycles. The molecule has 3 rings (SSSR count). The van der Waals surface area contributed by atoms with Gasteiger partial charge in [0.2, 0.25) is 0 Å². The second-order valence-corrected chi connectivity index (χ2v) is 4.75. The first-order valence-corrected chi connectivity index (χ1v) is 5.93. The summed E-state index contributed by atoms with van der Waals surface area (Å²) in [5.74, 6) is 0.0233. The van der Waals surface area contributed by atoms with Gasteiger partial charge in [-0.25, -0.2) is 4.98 Å². The molecule has 1 aliphatic carbocycles. The van der Waals surface area contributed by atoms with E-state index in [9.17, 15) is 20.0 Å². The standard InChI is InChI=1S/C12H11N3O4/c16-10-4-8-3-9(15(18)19)5-13-11(8)14(12(10)17)6-7-1-2-7/h3-5,7,16H,1-2,6H2. The van der Waals surface area contributed by atoms with Gasteiger partial charge >= 0.3 is 0 Å². The van der Waals surface area contributed by atoms with Crippen LogP contribution in [0.5, 0.6) is 5.75 Å². The molecule has 0 atom stereocenters. The van der Waals surface area contributed by atoms with Crippen molar-refractivity contribution in [1.29, 1.82) is 0 Å². The van der Waals surface area contributed by atoms with Crippen molar-refractivity contribution in [1.82, 2.24) is 9.55 Å². The van der Waals surface area contributed by atoms with Crippen LogP contribution in [0.2, 0.25) is 0 Å². The van der Waals surface area contributed by atoms with Gasteiger partial charge < -0.3 is 5.11 Å². The molecule has 1 saturated carbocycles. The Hall–Kier alpha value is -2.44. The lowest BCUT2D eigenvalue weighted by atomic mass is 10.2. The average molecular weight is 261 g/mol. The summed E-state index contributed by atoms with van der Waals surface area (Å²) >= 11 is 0. The van der Waals surface area contributed by atoms with Crippen LogP contribution in [0.3, 0.4) is 0 Å². The van der Waals surface area contributed by atoms with E-state index in [1.807, 2.05) is 0 Å². The van der Waals surface area contributed by atoms with Gasteiger partial charge in [0, 0.05) is 18.0 Å². The van der Waals surface area contributed by atoms with Crippen LogP contribution >= 0.6 is 0 Å². The minimum absolute atomic E-state index is 0.163. The van der Waals surface area contributed by atoms with Gasteiger partial charge in [-0.1, -0.05) is 0 Å². The van der Waals surface area contributed by atoms with Crippen molar-refractivity contribution in [3.8, 4) is 5.75 Å². The predicted octanol–water partition coefficient (Wildman–Crippen LogP) is 1.42. The van der Waals surface area contributed by atoms with Crippen molar-refractivity contribution in [3.05, 3.63) is 38.8 Å². The number of fused-ring (bicyclic) bond motifs is 1. The maximum atomic E-state index is 11.9. The Labute approximate surface area is 107 Å². The van der Waals surface area contributed by atoms with Crippen LogP contribution in [0.25, 0.3) is 11.0 Å². The number of pyridine rings is 2. The van der Waals surface area contributed by atoms with E-state index in [-0.39, 0.29) is 5.69 Å². The third-order valence-corrected chi connectivity index (χ3v) is 3.24. The molecule has 2 aromatic rings. The Balaban J connectivity index is 2.24. The lowest BCUT2D eigenvalue weighted by Crippen LogP contribution is -2.21. The van der Waals surface area contributed by atoms with Crippen LogP contribution in [0.1, 0.15) is 12.8 Å². The number of aromatic nitrogens is 2. The predicted molar refractivity (Wildman–Crippen MR) is 67.0 cm³/mol. The Morgan fingerprint density at radius 3 is 2.84 bits per heavy atom. The van der Waals surface area contributed by atoms with Gasteiger partial charge in [0.05, 0.1) is 4.92 Å². The van der Waals surface area contributed by atoms with E-state index in [1.165, 1.54) is 16.7 Å². The fraction of sp³-hybridized carbons (Fsp3) is 0.333. The van der Waals surface area contributed by atoms with Crippen LogP contribution in [0.4, 0.5) is 5.69 Å². The minimum Gasteiger partial charge on any atom is -0.503 e. The van der Waals surface area contributed by atoms with Crippen molar-refractivity contribution >= 4 is 16.7 Å². The van der Waals surface area contributed by atoms with Gasteiger partial charge in [-0.05, 0) is 24.8 Å². The summed E-state index contributed by atoms with van der Waals surface area (Å²) in [6, 6.07) is 2.53. The molecule has 0 amide bonds. The summed E-state index contributed by atoms with van der Waals surface area (Å²) in [4.78, 5) is 26.0. The second-order valence-electron chi connectivity index (χ2n) is 4.75. The van der Waals surface area contributed by atoms with Crippen molar-refractivity contribution in [3.63, 3.8) is 0 Å². The molecule has 7 heteroatoms. The van der Waals surface area contributed by atoms with Gasteiger partial charge in [-0.2, -0.15) is 0 Å². The first-order valence-electron chi connectivity index (χ1n) is 5.93. The second kappa shape index (κ2) is 4.04. The van der Waals surface area contributed by atoms with Crippen LogP contribution < -0.4 is 5.56 Å². The fourth-order valence-electron chi connectivity index (χ4n) is 2.07. The van der Waals surface area contributed by atoms with Gasteiger partial charge in [-0.15, -0.1) is 0 Å². The summed E-state index contributed by atoms with van der Waals surface area (Å²) in [6.45, 7) is 0.495. The number of rotatable bonds is 3. The third kappa shape index (κ3) is 2.03. The molecule has 2 aromatic heterocycles. The fourth-order valence-corrected chi connectivity index (χ4v) is 2.07. The van der Waals surface area contributed by atoms with E-state index in [1.54, 1.807) is 0 Å². The molecule has 0 saturated heterocycles.